The van der Waals surface area contributed by atoms with Gasteiger partial charge in [-0.3, -0.25) is 0 Å². The predicted octanol–water partition coefficient (Wildman–Crippen LogP) is 4.44. The van der Waals surface area contributed by atoms with E-state index in [9.17, 15) is 0 Å². The Morgan fingerprint density at radius 1 is 1.18 bits per heavy atom. The molecule has 90 valence electrons. The summed E-state index contributed by atoms with van der Waals surface area (Å²) in [6.45, 7) is 6.48. The van der Waals surface area contributed by atoms with E-state index in [-0.39, 0.29) is 11.3 Å². The zero-order valence-corrected chi connectivity index (χ0v) is 11.5. The van der Waals surface area contributed by atoms with E-state index >= 15 is 0 Å². The van der Waals surface area contributed by atoms with E-state index in [4.69, 9.17) is 23.2 Å². The highest BCUT2D eigenvalue weighted by molar-refractivity contribution is 6.37. The lowest BCUT2D eigenvalue weighted by molar-refractivity contribution is 0.386. The zero-order valence-electron chi connectivity index (χ0n) is 10.0. The van der Waals surface area contributed by atoms with Crippen molar-refractivity contribution in [3.05, 3.63) is 33.8 Å². The van der Waals surface area contributed by atoms with Gasteiger partial charge in [-0.1, -0.05) is 50.0 Å². The summed E-state index contributed by atoms with van der Waals surface area (Å²) in [7, 11) is 0. The Bertz CT molecular complexity index is 499. The normalized spacial score (nSPS) is 19.6. The second-order valence-electron chi connectivity index (χ2n) is 5.22. The Balaban J connectivity index is 2.42. The minimum Gasteiger partial charge on any atom is -0.163 e. The SMILES string of the molecule is CC(C)(C)C1C=NN=C1c1ccc(Cl)cc1Cl. The van der Waals surface area contributed by atoms with Gasteiger partial charge in [-0.05, 0) is 17.5 Å². The topological polar surface area (TPSA) is 24.7 Å². The monoisotopic (exact) mass is 268 g/mol. The van der Waals surface area contributed by atoms with Crippen LogP contribution in [0.25, 0.3) is 0 Å². The second kappa shape index (κ2) is 4.43. The summed E-state index contributed by atoms with van der Waals surface area (Å²) < 4.78 is 0. The fourth-order valence-electron chi connectivity index (χ4n) is 1.85. The van der Waals surface area contributed by atoms with Gasteiger partial charge in [0.05, 0.1) is 10.7 Å². The second-order valence-corrected chi connectivity index (χ2v) is 6.06. The Morgan fingerprint density at radius 2 is 1.88 bits per heavy atom. The molecule has 0 fully saturated rings. The molecule has 2 rings (SSSR count). The van der Waals surface area contributed by atoms with Crippen LogP contribution in [0, 0.1) is 11.3 Å². The molecule has 1 aliphatic heterocycles. The molecule has 0 aromatic heterocycles. The third-order valence-electron chi connectivity index (χ3n) is 2.82. The van der Waals surface area contributed by atoms with Crippen LogP contribution < -0.4 is 0 Å². The maximum atomic E-state index is 6.20. The summed E-state index contributed by atoms with van der Waals surface area (Å²) in [5, 5.41) is 9.48. The molecular weight excluding hydrogens is 255 g/mol. The minimum absolute atomic E-state index is 0.0712. The molecule has 4 heteroatoms. The van der Waals surface area contributed by atoms with Crippen molar-refractivity contribution in [2.45, 2.75) is 20.8 Å². The quantitative estimate of drug-likeness (QED) is 0.719. The first-order valence-electron chi connectivity index (χ1n) is 5.46. The number of benzene rings is 1. The van der Waals surface area contributed by atoms with Gasteiger partial charge in [-0.2, -0.15) is 10.2 Å². The maximum Gasteiger partial charge on any atom is 0.0807 e. The Hall–Kier alpha value is -0.860. The molecule has 1 atom stereocenters. The van der Waals surface area contributed by atoms with Crippen molar-refractivity contribution in [2.24, 2.45) is 21.5 Å². The number of nitrogens with zero attached hydrogens (tertiary/aromatic N) is 2. The molecule has 0 amide bonds. The van der Waals surface area contributed by atoms with E-state index in [1.807, 2.05) is 18.3 Å². The largest absolute Gasteiger partial charge is 0.163 e. The average Bonchev–Trinajstić information content (AvgIpc) is 2.65. The maximum absolute atomic E-state index is 6.20. The number of halogens is 2. The van der Waals surface area contributed by atoms with Crippen molar-refractivity contribution >= 4 is 35.1 Å². The van der Waals surface area contributed by atoms with Gasteiger partial charge in [-0.25, -0.2) is 0 Å². The van der Waals surface area contributed by atoms with Gasteiger partial charge in [0.2, 0.25) is 0 Å². The molecular formula is C13H14Cl2N2. The highest BCUT2D eigenvalue weighted by Gasteiger charge is 2.32. The van der Waals surface area contributed by atoms with Crippen molar-refractivity contribution < 1.29 is 0 Å². The molecule has 2 nitrogen and oxygen atoms in total. The third kappa shape index (κ3) is 2.53. The Kier molecular flexibility index (Phi) is 3.28. The highest BCUT2D eigenvalue weighted by Crippen LogP contribution is 2.33. The van der Waals surface area contributed by atoms with E-state index < -0.39 is 0 Å². The Morgan fingerprint density at radius 3 is 2.47 bits per heavy atom. The summed E-state index contributed by atoms with van der Waals surface area (Å²) >= 11 is 12.1. The number of hydrogen-bond donors (Lipinski definition) is 0. The molecule has 1 aromatic carbocycles. The van der Waals surface area contributed by atoms with Gasteiger partial charge in [0.15, 0.2) is 0 Å². The lowest BCUT2D eigenvalue weighted by atomic mass is 9.77. The molecule has 0 N–H and O–H groups in total. The molecule has 0 saturated carbocycles. The zero-order chi connectivity index (χ0) is 12.6. The van der Waals surface area contributed by atoms with Crippen LogP contribution in [0.5, 0.6) is 0 Å². The predicted molar refractivity (Wildman–Crippen MR) is 74.4 cm³/mol. The van der Waals surface area contributed by atoms with Gasteiger partial charge in [0.1, 0.15) is 0 Å². The van der Waals surface area contributed by atoms with Gasteiger partial charge < -0.3 is 0 Å². The third-order valence-corrected chi connectivity index (χ3v) is 3.36. The molecule has 17 heavy (non-hydrogen) atoms. The summed E-state index contributed by atoms with van der Waals surface area (Å²) in [5.74, 6) is 0.182. The van der Waals surface area contributed by atoms with Crippen molar-refractivity contribution in [3.63, 3.8) is 0 Å². The standard InChI is InChI=1S/C13H14Cl2N2/c1-13(2,3)10-7-16-17-12(10)9-5-4-8(14)6-11(9)15/h4-7,10H,1-3H3. The smallest absolute Gasteiger partial charge is 0.0807 e. The van der Waals surface area contributed by atoms with Crippen LogP contribution >= 0.6 is 23.2 Å². The van der Waals surface area contributed by atoms with Gasteiger partial charge in [0.25, 0.3) is 0 Å². The average molecular weight is 269 g/mol. The van der Waals surface area contributed by atoms with Crippen LogP contribution in [-0.2, 0) is 0 Å². The van der Waals surface area contributed by atoms with Gasteiger partial charge in [0, 0.05) is 22.7 Å². The van der Waals surface area contributed by atoms with Gasteiger partial charge >= 0.3 is 0 Å². The van der Waals surface area contributed by atoms with E-state index in [1.165, 1.54) is 0 Å². The first kappa shape index (κ1) is 12.6. The van der Waals surface area contributed by atoms with Crippen molar-refractivity contribution in [1.82, 2.24) is 0 Å². The lowest BCUT2D eigenvalue weighted by Crippen LogP contribution is -2.28. The Labute approximate surface area is 111 Å². The fourth-order valence-corrected chi connectivity index (χ4v) is 2.35. The molecule has 0 bridgehead atoms. The van der Waals surface area contributed by atoms with Crippen LogP contribution in [0.1, 0.15) is 26.3 Å². The number of rotatable bonds is 1. The number of hydrogen-bond acceptors (Lipinski definition) is 2. The van der Waals surface area contributed by atoms with Crippen LogP contribution in [0.2, 0.25) is 10.0 Å². The lowest BCUT2D eigenvalue weighted by Gasteiger charge is -2.26. The fraction of sp³-hybridized carbons (Fsp3) is 0.385. The molecule has 0 radical (unpaired) electrons. The molecule has 1 aromatic rings. The highest BCUT2D eigenvalue weighted by atomic mass is 35.5. The molecule has 1 aliphatic rings. The molecule has 1 unspecified atom stereocenters. The van der Waals surface area contributed by atoms with E-state index in [0.717, 1.165) is 11.3 Å². The molecule has 0 aliphatic carbocycles. The summed E-state index contributed by atoms with van der Waals surface area (Å²) in [6.07, 6.45) is 1.88. The first-order valence-corrected chi connectivity index (χ1v) is 6.21. The van der Waals surface area contributed by atoms with E-state index in [1.54, 1.807) is 6.07 Å². The first-order chi connectivity index (χ1) is 7.89. The van der Waals surface area contributed by atoms with Crippen LogP contribution in [0.15, 0.2) is 28.4 Å². The van der Waals surface area contributed by atoms with Crippen LogP contribution in [0.3, 0.4) is 0 Å². The van der Waals surface area contributed by atoms with E-state index in [0.29, 0.717) is 10.0 Å². The van der Waals surface area contributed by atoms with Crippen molar-refractivity contribution in [3.8, 4) is 0 Å². The summed E-state index contributed by atoms with van der Waals surface area (Å²) in [5.41, 5.74) is 1.90. The minimum atomic E-state index is 0.0712. The van der Waals surface area contributed by atoms with Crippen LogP contribution in [-0.4, -0.2) is 11.9 Å². The van der Waals surface area contributed by atoms with Crippen molar-refractivity contribution in [1.29, 1.82) is 0 Å². The summed E-state index contributed by atoms with van der Waals surface area (Å²) in [4.78, 5) is 0. The molecule has 0 saturated heterocycles. The van der Waals surface area contributed by atoms with Crippen LogP contribution in [0.4, 0.5) is 0 Å². The molecule has 0 spiro atoms. The molecule has 1 heterocycles. The van der Waals surface area contributed by atoms with Crippen molar-refractivity contribution in [2.75, 3.05) is 0 Å². The van der Waals surface area contributed by atoms with E-state index in [2.05, 4.69) is 31.0 Å². The summed E-state index contributed by atoms with van der Waals surface area (Å²) in [6, 6.07) is 5.46. The van der Waals surface area contributed by atoms with Gasteiger partial charge in [-0.15, -0.1) is 0 Å².